The Morgan fingerprint density at radius 3 is 2.48 bits per heavy atom. The van der Waals surface area contributed by atoms with Crippen molar-refractivity contribution in [2.24, 2.45) is 14.1 Å². The van der Waals surface area contributed by atoms with Crippen LogP contribution in [-0.2, 0) is 35.5 Å². The Labute approximate surface area is 156 Å². The van der Waals surface area contributed by atoms with Crippen molar-refractivity contribution in [2.75, 3.05) is 7.11 Å². The Hall–Kier alpha value is -2.91. The maximum Gasteiger partial charge on any atom is 0.328 e. The summed E-state index contributed by atoms with van der Waals surface area (Å²) in [5.74, 6) is -0.741. The minimum Gasteiger partial charge on any atom is -0.380 e. The van der Waals surface area contributed by atoms with Crippen LogP contribution in [0.3, 0.4) is 0 Å². The second kappa shape index (κ2) is 7.01. The van der Waals surface area contributed by atoms with Gasteiger partial charge >= 0.3 is 5.69 Å². The number of carbonyl (C=O) groups excluding carboxylic acids is 1. The van der Waals surface area contributed by atoms with Crippen LogP contribution in [0, 0.1) is 0 Å². The van der Waals surface area contributed by atoms with E-state index in [9.17, 15) is 18.0 Å². The van der Waals surface area contributed by atoms with Gasteiger partial charge in [-0.25, -0.2) is 17.9 Å². The highest BCUT2D eigenvalue weighted by molar-refractivity contribution is 7.90. The van der Waals surface area contributed by atoms with Gasteiger partial charge in [0.15, 0.2) is 0 Å². The molecule has 9 heteroatoms. The number of ether oxygens (including phenoxy) is 1. The lowest BCUT2D eigenvalue weighted by Crippen LogP contribution is -2.30. The SMILES string of the molecule is COCc1cccc(C(=O)NS(=O)(=O)c2ccc3c(c2)n(C)c(=O)n3C)c1. The van der Waals surface area contributed by atoms with Gasteiger partial charge in [-0.05, 0) is 35.9 Å². The summed E-state index contributed by atoms with van der Waals surface area (Å²) >= 11 is 0. The van der Waals surface area contributed by atoms with Crippen LogP contribution in [0.15, 0.2) is 52.2 Å². The van der Waals surface area contributed by atoms with E-state index >= 15 is 0 Å². The van der Waals surface area contributed by atoms with E-state index in [0.29, 0.717) is 17.6 Å². The summed E-state index contributed by atoms with van der Waals surface area (Å²) < 4.78 is 35.1. The van der Waals surface area contributed by atoms with Crippen LogP contribution in [0.2, 0.25) is 0 Å². The third kappa shape index (κ3) is 3.51. The first kappa shape index (κ1) is 18.9. The van der Waals surface area contributed by atoms with Crippen molar-refractivity contribution in [3.63, 3.8) is 0 Å². The monoisotopic (exact) mass is 389 g/mol. The van der Waals surface area contributed by atoms with E-state index in [2.05, 4.69) is 4.72 Å². The smallest absolute Gasteiger partial charge is 0.328 e. The molecule has 2 aromatic carbocycles. The Balaban J connectivity index is 1.94. The van der Waals surface area contributed by atoms with Crippen molar-refractivity contribution in [1.82, 2.24) is 13.9 Å². The van der Waals surface area contributed by atoms with Crippen LogP contribution in [-0.4, -0.2) is 30.6 Å². The molecular formula is C18H19N3O5S. The zero-order valence-electron chi connectivity index (χ0n) is 15.1. The number of amides is 1. The number of methoxy groups -OCH3 is 1. The lowest BCUT2D eigenvalue weighted by molar-refractivity contribution is 0.0981. The van der Waals surface area contributed by atoms with Gasteiger partial charge in [-0.15, -0.1) is 0 Å². The summed E-state index contributed by atoms with van der Waals surface area (Å²) in [6.45, 7) is 0.312. The van der Waals surface area contributed by atoms with E-state index in [1.165, 1.54) is 40.5 Å². The number of aryl methyl sites for hydroxylation is 2. The first-order chi connectivity index (χ1) is 12.7. The highest BCUT2D eigenvalue weighted by Crippen LogP contribution is 2.18. The van der Waals surface area contributed by atoms with Gasteiger partial charge in [-0.2, -0.15) is 0 Å². The number of imidazole rings is 1. The average molecular weight is 389 g/mol. The number of nitrogens with one attached hydrogen (secondary N) is 1. The zero-order valence-corrected chi connectivity index (χ0v) is 15.9. The molecule has 0 saturated carbocycles. The van der Waals surface area contributed by atoms with E-state index in [0.717, 1.165) is 5.56 Å². The molecule has 0 spiro atoms. The molecule has 1 aromatic heterocycles. The Morgan fingerprint density at radius 1 is 1.07 bits per heavy atom. The van der Waals surface area contributed by atoms with Crippen molar-refractivity contribution in [2.45, 2.75) is 11.5 Å². The first-order valence-corrected chi connectivity index (χ1v) is 9.53. The fourth-order valence-electron chi connectivity index (χ4n) is 2.86. The number of fused-ring (bicyclic) bond motifs is 1. The molecule has 3 aromatic rings. The molecule has 0 aliphatic carbocycles. The third-order valence-corrected chi connectivity index (χ3v) is 5.61. The second-order valence-electron chi connectivity index (χ2n) is 6.12. The number of nitrogens with zero attached hydrogens (tertiary/aromatic N) is 2. The van der Waals surface area contributed by atoms with Gasteiger partial charge in [0, 0.05) is 26.8 Å². The largest absolute Gasteiger partial charge is 0.380 e. The average Bonchev–Trinajstić information content (AvgIpc) is 2.86. The summed E-state index contributed by atoms with van der Waals surface area (Å²) in [6.07, 6.45) is 0. The van der Waals surface area contributed by atoms with Gasteiger partial charge in [0.05, 0.1) is 22.5 Å². The normalized spacial score (nSPS) is 11.7. The van der Waals surface area contributed by atoms with Crippen LogP contribution >= 0.6 is 0 Å². The maximum absolute atomic E-state index is 12.6. The number of hydrogen-bond donors (Lipinski definition) is 1. The number of hydrogen-bond acceptors (Lipinski definition) is 5. The summed E-state index contributed by atoms with van der Waals surface area (Å²) in [7, 11) is 0.593. The topological polar surface area (TPSA) is 99.4 Å². The minimum atomic E-state index is -4.10. The summed E-state index contributed by atoms with van der Waals surface area (Å²) in [4.78, 5) is 24.3. The predicted molar refractivity (Wildman–Crippen MR) is 100.0 cm³/mol. The molecule has 8 nitrogen and oxygen atoms in total. The molecule has 0 bridgehead atoms. The molecule has 1 amide bonds. The zero-order chi connectivity index (χ0) is 19.8. The molecule has 0 fully saturated rings. The first-order valence-electron chi connectivity index (χ1n) is 8.05. The molecule has 0 unspecified atom stereocenters. The van der Waals surface area contributed by atoms with E-state index < -0.39 is 15.9 Å². The third-order valence-electron chi connectivity index (χ3n) is 4.28. The van der Waals surface area contributed by atoms with Gasteiger partial charge in [0.2, 0.25) is 0 Å². The van der Waals surface area contributed by atoms with Crippen molar-refractivity contribution >= 4 is 27.0 Å². The number of carbonyl (C=O) groups is 1. The van der Waals surface area contributed by atoms with E-state index in [1.54, 1.807) is 32.3 Å². The van der Waals surface area contributed by atoms with Crippen LogP contribution in [0.25, 0.3) is 11.0 Å². The minimum absolute atomic E-state index is 0.0994. The highest BCUT2D eigenvalue weighted by atomic mass is 32.2. The fraction of sp³-hybridized carbons (Fsp3) is 0.222. The number of aromatic nitrogens is 2. The van der Waals surface area contributed by atoms with Gasteiger partial charge in [-0.3, -0.25) is 13.9 Å². The lowest BCUT2D eigenvalue weighted by Gasteiger charge is -2.09. The van der Waals surface area contributed by atoms with Gasteiger partial charge in [0.1, 0.15) is 0 Å². The second-order valence-corrected chi connectivity index (χ2v) is 7.80. The Kier molecular flexibility index (Phi) is 4.90. The molecule has 1 N–H and O–H groups in total. The van der Waals surface area contributed by atoms with Gasteiger partial charge in [-0.1, -0.05) is 12.1 Å². The van der Waals surface area contributed by atoms with Crippen molar-refractivity contribution in [1.29, 1.82) is 0 Å². The Morgan fingerprint density at radius 2 is 1.78 bits per heavy atom. The van der Waals surface area contributed by atoms with Crippen molar-refractivity contribution < 1.29 is 17.9 Å². The van der Waals surface area contributed by atoms with Crippen LogP contribution < -0.4 is 10.4 Å². The quantitative estimate of drug-likeness (QED) is 0.706. The molecular weight excluding hydrogens is 370 g/mol. The standard InChI is InChI=1S/C18H19N3O5S/c1-20-15-8-7-14(10-16(15)21(2)18(20)23)27(24,25)19-17(22)13-6-4-5-12(9-13)11-26-3/h4-10H,11H2,1-3H3,(H,19,22). The molecule has 0 radical (unpaired) electrons. The highest BCUT2D eigenvalue weighted by Gasteiger charge is 2.20. The van der Waals surface area contributed by atoms with Crippen molar-refractivity contribution in [3.8, 4) is 0 Å². The molecule has 27 heavy (non-hydrogen) atoms. The number of benzene rings is 2. The maximum atomic E-state index is 12.6. The molecule has 1 heterocycles. The Bertz CT molecular complexity index is 1190. The molecule has 0 saturated heterocycles. The van der Waals surface area contributed by atoms with E-state index in [-0.39, 0.29) is 16.1 Å². The molecule has 0 aliphatic heterocycles. The van der Waals surface area contributed by atoms with Gasteiger partial charge < -0.3 is 4.74 Å². The fourth-order valence-corrected chi connectivity index (χ4v) is 3.86. The molecule has 142 valence electrons. The predicted octanol–water partition coefficient (Wildman–Crippen LogP) is 1.14. The molecule has 0 atom stereocenters. The lowest BCUT2D eigenvalue weighted by atomic mass is 10.1. The number of sulfonamides is 1. The van der Waals surface area contributed by atoms with Crippen LogP contribution in [0.1, 0.15) is 15.9 Å². The molecule has 0 aliphatic rings. The van der Waals surface area contributed by atoms with E-state index in [1.807, 2.05) is 0 Å². The van der Waals surface area contributed by atoms with Crippen molar-refractivity contribution in [3.05, 3.63) is 64.1 Å². The van der Waals surface area contributed by atoms with Gasteiger partial charge in [0.25, 0.3) is 15.9 Å². The summed E-state index contributed by atoms with van der Waals surface area (Å²) in [5.41, 5.74) is 1.75. The summed E-state index contributed by atoms with van der Waals surface area (Å²) in [6, 6.07) is 10.8. The van der Waals surface area contributed by atoms with Crippen LogP contribution in [0.4, 0.5) is 0 Å². The van der Waals surface area contributed by atoms with Crippen LogP contribution in [0.5, 0.6) is 0 Å². The molecule has 3 rings (SSSR count). The number of rotatable bonds is 5. The summed E-state index contributed by atoms with van der Waals surface area (Å²) in [5, 5.41) is 0. The van der Waals surface area contributed by atoms with E-state index in [4.69, 9.17) is 4.74 Å².